The molecule has 2 rings (SSSR count). The van der Waals surface area contributed by atoms with Gasteiger partial charge in [-0.2, -0.15) is 0 Å². The van der Waals surface area contributed by atoms with Gasteiger partial charge in [-0.3, -0.25) is 14.7 Å². The summed E-state index contributed by atoms with van der Waals surface area (Å²) < 4.78 is 5.21. The zero-order valence-corrected chi connectivity index (χ0v) is 12.4. The Kier molecular flexibility index (Phi) is 6.10. The predicted octanol–water partition coefficient (Wildman–Crippen LogP) is 0.237. The van der Waals surface area contributed by atoms with E-state index in [4.69, 9.17) is 4.74 Å². The van der Waals surface area contributed by atoms with Crippen LogP contribution in [0.25, 0.3) is 0 Å². The first kappa shape index (κ1) is 15.9. The van der Waals surface area contributed by atoms with Crippen LogP contribution in [-0.2, 0) is 4.74 Å². The molecule has 0 radical (unpaired) electrons. The number of piperazine rings is 1. The van der Waals surface area contributed by atoms with E-state index in [1.807, 2.05) is 11.8 Å². The van der Waals surface area contributed by atoms with Crippen molar-refractivity contribution in [2.24, 2.45) is 0 Å². The number of carbonyl (C=O) groups excluding carboxylic acids is 1. The van der Waals surface area contributed by atoms with Crippen LogP contribution in [0.2, 0.25) is 0 Å². The van der Waals surface area contributed by atoms with E-state index >= 15 is 0 Å². The summed E-state index contributed by atoms with van der Waals surface area (Å²) in [5.74, 6) is 0.0256. The van der Waals surface area contributed by atoms with Gasteiger partial charge in [0.15, 0.2) is 0 Å². The Morgan fingerprint density at radius 1 is 1.43 bits per heavy atom. The van der Waals surface area contributed by atoms with Crippen LogP contribution in [0, 0.1) is 0 Å². The molecule has 1 aliphatic heterocycles. The molecule has 0 aromatic carbocycles. The van der Waals surface area contributed by atoms with Crippen molar-refractivity contribution in [1.29, 1.82) is 0 Å². The molecule has 6 nitrogen and oxygen atoms in total. The Labute approximate surface area is 125 Å². The zero-order chi connectivity index (χ0) is 15.1. The zero-order valence-electron chi connectivity index (χ0n) is 12.4. The van der Waals surface area contributed by atoms with Crippen molar-refractivity contribution in [3.05, 3.63) is 30.1 Å². The molecule has 116 valence electrons. The van der Waals surface area contributed by atoms with Gasteiger partial charge in [-0.25, -0.2) is 0 Å². The lowest BCUT2D eigenvalue weighted by atomic mass is 10.2. The molecule has 2 heterocycles. The first-order chi connectivity index (χ1) is 10.2. The molecule has 6 heteroatoms. The average Bonchev–Trinajstić information content (AvgIpc) is 2.54. The van der Waals surface area contributed by atoms with E-state index in [0.717, 1.165) is 13.1 Å². The number of amides is 1. The van der Waals surface area contributed by atoms with Crippen LogP contribution < -0.4 is 0 Å². The molecule has 21 heavy (non-hydrogen) atoms. The summed E-state index contributed by atoms with van der Waals surface area (Å²) >= 11 is 0. The Morgan fingerprint density at radius 2 is 2.19 bits per heavy atom. The summed E-state index contributed by atoms with van der Waals surface area (Å²) in [6.45, 7) is 6.38. The van der Waals surface area contributed by atoms with Crippen LogP contribution in [0.1, 0.15) is 17.3 Å². The first-order valence-corrected chi connectivity index (χ1v) is 7.38. The van der Waals surface area contributed by atoms with Crippen LogP contribution in [0.3, 0.4) is 0 Å². The minimum Gasteiger partial charge on any atom is -0.389 e. The van der Waals surface area contributed by atoms with Gasteiger partial charge in [-0.15, -0.1) is 0 Å². The third-order valence-electron chi connectivity index (χ3n) is 3.55. The quantitative estimate of drug-likeness (QED) is 0.814. The number of aliphatic hydroxyl groups excluding tert-OH is 1. The van der Waals surface area contributed by atoms with Gasteiger partial charge in [0.1, 0.15) is 0 Å². The van der Waals surface area contributed by atoms with E-state index in [-0.39, 0.29) is 5.91 Å². The number of ether oxygens (including phenoxy) is 1. The van der Waals surface area contributed by atoms with Gasteiger partial charge < -0.3 is 14.7 Å². The van der Waals surface area contributed by atoms with Crippen molar-refractivity contribution in [2.45, 2.75) is 13.0 Å². The molecule has 1 amide bonds. The molecule has 0 spiro atoms. The molecule has 0 saturated carbocycles. The maximum Gasteiger partial charge on any atom is 0.255 e. The van der Waals surface area contributed by atoms with Crippen molar-refractivity contribution in [1.82, 2.24) is 14.8 Å². The molecule has 1 atom stereocenters. The van der Waals surface area contributed by atoms with Crippen molar-refractivity contribution in [3.8, 4) is 0 Å². The number of nitrogens with zero attached hydrogens (tertiary/aromatic N) is 3. The maximum absolute atomic E-state index is 12.3. The minimum atomic E-state index is -0.467. The monoisotopic (exact) mass is 293 g/mol. The van der Waals surface area contributed by atoms with E-state index in [1.165, 1.54) is 0 Å². The summed E-state index contributed by atoms with van der Waals surface area (Å²) in [7, 11) is 0. The summed E-state index contributed by atoms with van der Waals surface area (Å²) in [5, 5.41) is 9.83. The van der Waals surface area contributed by atoms with Crippen LogP contribution in [-0.4, -0.2) is 77.8 Å². The second-order valence-corrected chi connectivity index (χ2v) is 5.15. The lowest BCUT2D eigenvalue weighted by Gasteiger charge is -2.35. The van der Waals surface area contributed by atoms with E-state index in [9.17, 15) is 9.90 Å². The van der Waals surface area contributed by atoms with Gasteiger partial charge in [0.2, 0.25) is 0 Å². The van der Waals surface area contributed by atoms with E-state index in [1.54, 1.807) is 24.5 Å². The summed E-state index contributed by atoms with van der Waals surface area (Å²) in [4.78, 5) is 20.2. The minimum absolute atomic E-state index is 0.0256. The lowest BCUT2D eigenvalue weighted by Crippen LogP contribution is -2.50. The second kappa shape index (κ2) is 8.07. The third-order valence-corrected chi connectivity index (χ3v) is 3.55. The second-order valence-electron chi connectivity index (χ2n) is 5.15. The van der Waals surface area contributed by atoms with Gasteiger partial charge in [0.05, 0.1) is 18.3 Å². The number of pyridine rings is 1. The smallest absolute Gasteiger partial charge is 0.255 e. The summed E-state index contributed by atoms with van der Waals surface area (Å²) in [6, 6.07) is 3.56. The molecule has 0 bridgehead atoms. The molecular weight excluding hydrogens is 270 g/mol. The maximum atomic E-state index is 12.3. The molecule has 0 unspecified atom stereocenters. The van der Waals surface area contributed by atoms with Gasteiger partial charge in [0, 0.05) is 51.7 Å². The highest BCUT2D eigenvalue weighted by Crippen LogP contribution is 2.08. The number of hydrogen-bond acceptors (Lipinski definition) is 5. The molecule has 1 N–H and O–H groups in total. The predicted molar refractivity (Wildman–Crippen MR) is 79.1 cm³/mol. The van der Waals surface area contributed by atoms with Gasteiger partial charge in [0.25, 0.3) is 5.91 Å². The normalized spacial score (nSPS) is 17.7. The number of aliphatic hydroxyl groups is 1. The van der Waals surface area contributed by atoms with Crippen molar-refractivity contribution in [2.75, 3.05) is 45.9 Å². The standard InChI is InChI=1S/C15H23N3O3/c1-2-21-12-14(19)11-17-6-8-18(9-7-17)15(20)13-4-3-5-16-10-13/h3-5,10,14,19H,2,6-9,11-12H2,1H3/t14-/m1/s1. The van der Waals surface area contributed by atoms with Gasteiger partial charge in [-0.1, -0.05) is 0 Å². The number of carbonyl (C=O) groups is 1. The number of aromatic nitrogens is 1. The first-order valence-electron chi connectivity index (χ1n) is 7.38. The fourth-order valence-corrected chi connectivity index (χ4v) is 2.41. The van der Waals surface area contributed by atoms with Crippen LogP contribution in [0.4, 0.5) is 0 Å². The molecule has 1 saturated heterocycles. The van der Waals surface area contributed by atoms with E-state index in [2.05, 4.69) is 9.88 Å². The fraction of sp³-hybridized carbons (Fsp3) is 0.600. The van der Waals surface area contributed by atoms with Crippen molar-refractivity contribution < 1.29 is 14.6 Å². The number of rotatable bonds is 6. The molecule has 1 aromatic heterocycles. The lowest BCUT2D eigenvalue weighted by molar-refractivity contribution is 0.0111. The molecule has 1 fully saturated rings. The largest absolute Gasteiger partial charge is 0.389 e. The SMILES string of the molecule is CCOC[C@H](O)CN1CCN(C(=O)c2cccnc2)CC1. The summed E-state index contributed by atoms with van der Waals surface area (Å²) in [6.07, 6.45) is 2.79. The van der Waals surface area contributed by atoms with Crippen molar-refractivity contribution in [3.63, 3.8) is 0 Å². The Morgan fingerprint density at radius 3 is 2.81 bits per heavy atom. The highest BCUT2D eigenvalue weighted by molar-refractivity contribution is 5.93. The topological polar surface area (TPSA) is 65.9 Å². The molecule has 1 aliphatic rings. The van der Waals surface area contributed by atoms with Crippen LogP contribution >= 0.6 is 0 Å². The number of β-amino-alcohol motifs (C(OH)–C–C–N with tert-alkyl or cyclic N) is 1. The summed E-state index contributed by atoms with van der Waals surface area (Å²) in [5.41, 5.74) is 0.627. The van der Waals surface area contributed by atoms with E-state index in [0.29, 0.717) is 38.4 Å². The average molecular weight is 293 g/mol. The number of hydrogen-bond donors (Lipinski definition) is 1. The van der Waals surface area contributed by atoms with Crippen LogP contribution in [0.5, 0.6) is 0 Å². The Bertz CT molecular complexity index is 433. The van der Waals surface area contributed by atoms with Crippen LogP contribution in [0.15, 0.2) is 24.5 Å². The molecule has 1 aromatic rings. The van der Waals surface area contributed by atoms with E-state index < -0.39 is 6.10 Å². The van der Waals surface area contributed by atoms with Crippen molar-refractivity contribution >= 4 is 5.91 Å². The Hall–Kier alpha value is -1.50. The van der Waals surface area contributed by atoms with Gasteiger partial charge >= 0.3 is 0 Å². The highest BCUT2D eigenvalue weighted by atomic mass is 16.5. The van der Waals surface area contributed by atoms with Gasteiger partial charge in [-0.05, 0) is 19.1 Å². The highest BCUT2D eigenvalue weighted by Gasteiger charge is 2.23. The molecular formula is C15H23N3O3. The third kappa shape index (κ3) is 4.77. The molecule has 0 aliphatic carbocycles. The fourth-order valence-electron chi connectivity index (χ4n) is 2.41. The Balaban J connectivity index is 1.77.